The minimum Gasteiger partial charge on any atom is -0.290 e. The topological polar surface area (TPSA) is 68.0 Å². The van der Waals surface area contributed by atoms with Crippen molar-refractivity contribution in [3.05, 3.63) is 40.1 Å². The number of hydrogen-bond acceptors (Lipinski definition) is 3. The van der Waals surface area contributed by atoms with Gasteiger partial charge in [-0.2, -0.15) is 0 Å². The molecule has 0 aliphatic heterocycles. The van der Waals surface area contributed by atoms with E-state index in [2.05, 4.69) is 11.5 Å². The number of aryl methyl sites for hydroxylation is 3. The summed E-state index contributed by atoms with van der Waals surface area (Å²) >= 11 is 0. The van der Waals surface area contributed by atoms with E-state index in [1.807, 2.05) is 19.9 Å². The molecule has 3 rings (SSSR count). The van der Waals surface area contributed by atoms with Gasteiger partial charge in [0.25, 0.3) is 5.91 Å². The van der Waals surface area contributed by atoms with Crippen molar-refractivity contribution in [3.63, 3.8) is 0 Å². The maximum absolute atomic E-state index is 12.2. The molecule has 1 aliphatic rings. The van der Waals surface area contributed by atoms with E-state index in [9.17, 15) is 4.79 Å². The summed E-state index contributed by atoms with van der Waals surface area (Å²) in [6.45, 7) is 4.07. The van der Waals surface area contributed by atoms with Gasteiger partial charge in [-0.3, -0.25) is 15.2 Å². The minimum atomic E-state index is -0.211. The smallest absolute Gasteiger partial charge is 0.266 e. The summed E-state index contributed by atoms with van der Waals surface area (Å²) in [5.41, 5.74) is 8.26. The second-order valence-corrected chi connectivity index (χ2v) is 5.22. The van der Waals surface area contributed by atoms with Crippen molar-refractivity contribution in [1.29, 1.82) is 0 Å². The van der Waals surface area contributed by atoms with E-state index in [-0.39, 0.29) is 5.91 Å². The SMILES string of the molecule is Cc1cc(C)c2c(C(=O)NN)c3c(nc2c1)CCC3. The number of amides is 1. The molecule has 1 aromatic heterocycles. The number of carbonyl (C=O) groups is 1. The third-order valence-electron chi connectivity index (χ3n) is 3.81. The molecule has 0 radical (unpaired) electrons. The van der Waals surface area contributed by atoms with Crippen LogP contribution in [0.3, 0.4) is 0 Å². The highest BCUT2D eigenvalue weighted by Gasteiger charge is 2.24. The summed E-state index contributed by atoms with van der Waals surface area (Å²) in [7, 11) is 0. The first-order chi connectivity index (χ1) is 9.11. The third kappa shape index (κ3) is 1.79. The molecule has 19 heavy (non-hydrogen) atoms. The number of benzene rings is 1. The summed E-state index contributed by atoms with van der Waals surface area (Å²) in [6, 6.07) is 4.12. The molecule has 1 heterocycles. The molecule has 0 saturated heterocycles. The predicted molar refractivity (Wildman–Crippen MR) is 74.9 cm³/mol. The Morgan fingerprint density at radius 1 is 1.32 bits per heavy atom. The number of fused-ring (bicyclic) bond motifs is 2. The highest BCUT2D eigenvalue weighted by molar-refractivity contribution is 6.08. The summed E-state index contributed by atoms with van der Waals surface area (Å²) in [6.07, 6.45) is 2.92. The quantitative estimate of drug-likeness (QED) is 0.465. The van der Waals surface area contributed by atoms with Crippen molar-refractivity contribution in [2.45, 2.75) is 33.1 Å². The van der Waals surface area contributed by atoms with Crippen LogP contribution in [0.2, 0.25) is 0 Å². The first-order valence-electron chi connectivity index (χ1n) is 6.55. The predicted octanol–water partition coefficient (Wildman–Crippen LogP) is 1.94. The van der Waals surface area contributed by atoms with Gasteiger partial charge < -0.3 is 0 Å². The number of pyridine rings is 1. The van der Waals surface area contributed by atoms with Gasteiger partial charge in [-0.05, 0) is 55.9 Å². The van der Waals surface area contributed by atoms with E-state index in [0.717, 1.165) is 58.1 Å². The number of rotatable bonds is 1. The Balaban J connectivity index is 2.45. The van der Waals surface area contributed by atoms with Gasteiger partial charge in [0.1, 0.15) is 0 Å². The molecule has 0 fully saturated rings. The average Bonchev–Trinajstić information content (AvgIpc) is 2.82. The Labute approximate surface area is 112 Å². The number of carbonyl (C=O) groups excluding carboxylic acids is 1. The Morgan fingerprint density at radius 2 is 2.11 bits per heavy atom. The molecule has 0 unspecified atom stereocenters. The summed E-state index contributed by atoms with van der Waals surface area (Å²) in [5.74, 6) is 5.14. The largest absolute Gasteiger partial charge is 0.290 e. The van der Waals surface area contributed by atoms with E-state index >= 15 is 0 Å². The van der Waals surface area contributed by atoms with Gasteiger partial charge in [0.05, 0.1) is 11.1 Å². The zero-order valence-corrected chi connectivity index (χ0v) is 11.2. The maximum atomic E-state index is 12.2. The lowest BCUT2D eigenvalue weighted by molar-refractivity contribution is 0.0954. The molecule has 0 spiro atoms. The number of hydrazine groups is 1. The van der Waals surface area contributed by atoms with Crippen molar-refractivity contribution in [3.8, 4) is 0 Å². The molecule has 1 aromatic carbocycles. The average molecular weight is 255 g/mol. The lowest BCUT2D eigenvalue weighted by Crippen LogP contribution is -2.31. The van der Waals surface area contributed by atoms with Gasteiger partial charge in [-0.15, -0.1) is 0 Å². The maximum Gasteiger partial charge on any atom is 0.266 e. The van der Waals surface area contributed by atoms with Crippen molar-refractivity contribution >= 4 is 16.8 Å². The van der Waals surface area contributed by atoms with Crippen LogP contribution >= 0.6 is 0 Å². The summed E-state index contributed by atoms with van der Waals surface area (Å²) < 4.78 is 0. The van der Waals surface area contributed by atoms with E-state index in [1.54, 1.807) is 0 Å². The fourth-order valence-electron chi connectivity index (χ4n) is 3.10. The van der Waals surface area contributed by atoms with Crippen LogP contribution in [-0.4, -0.2) is 10.9 Å². The molecule has 0 saturated carbocycles. The van der Waals surface area contributed by atoms with E-state index < -0.39 is 0 Å². The lowest BCUT2D eigenvalue weighted by atomic mass is 9.96. The number of aromatic nitrogens is 1. The minimum absolute atomic E-state index is 0.211. The van der Waals surface area contributed by atoms with Crippen LogP contribution in [0.1, 0.15) is 39.2 Å². The Kier molecular flexibility index (Phi) is 2.75. The number of hydrogen-bond donors (Lipinski definition) is 2. The van der Waals surface area contributed by atoms with Gasteiger partial charge in [0.2, 0.25) is 0 Å². The Hall–Kier alpha value is -1.94. The number of nitrogens with zero attached hydrogens (tertiary/aromatic N) is 1. The second-order valence-electron chi connectivity index (χ2n) is 5.22. The summed E-state index contributed by atoms with van der Waals surface area (Å²) in [5, 5.41) is 0.939. The number of nitrogens with two attached hydrogens (primary N) is 1. The van der Waals surface area contributed by atoms with Crippen LogP contribution in [0.5, 0.6) is 0 Å². The first kappa shape index (κ1) is 12.1. The fraction of sp³-hybridized carbons (Fsp3) is 0.333. The summed E-state index contributed by atoms with van der Waals surface area (Å²) in [4.78, 5) is 16.9. The number of nitrogen functional groups attached to an aromatic ring is 1. The molecule has 1 amide bonds. The van der Waals surface area contributed by atoms with Crippen molar-refractivity contribution in [1.82, 2.24) is 10.4 Å². The van der Waals surface area contributed by atoms with Crippen molar-refractivity contribution in [2.24, 2.45) is 5.84 Å². The van der Waals surface area contributed by atoms with Gasteiger partial charge in [0, 0.05) is 11.1 Å². The fourth-order valence-corrected chi connectivity index (χ4v) is 3.10. The van der Waals surface area contributed by atoms with Gasteiger partial charge >= 0.3 is 0 Å². The molecule has 4 nitrogen and oxygen atoms in total. The zero-order valence-electron chi connectivity index (χ0n) is 11.2. The number of nitrogens with one attached hydrogen (secondary N) is 1. The molecule has 3 N–H and O–H groups in total. The molecule has 98 valence electrons. The molecule has 0 atom stereocenters. The van der Waals surface area contributed by atoms with E-state index in [1.165, 1.54) is 0 Å². The van der Waals surface area contributed by atoms with Crippen LogP contribution in [-0.2, 0) is 12.8 Å². The van der Waals surface area contributed by atoms with Crippen molar-refractivity contribution in [2.75, 3.05) is 0 Å². The Morgan fingerprint density at radius 3 is 2.84 bits per heavy atom. The standard InChI is InChI=1S/C15H17N3O/c1-8-6-9(2)13-12(7-8)17-11-5-3-4-10(11)14(13)15(19)18-16/h6-7H,3-5,16H2,1-2H3,(H,18,19). The van der Waals surface area contributed by atoms with Crippen molar-refractivity contribution < 1.29 is 4.79 Å². The lowest BCUT2D eigenvalue weighted by Gasteiger charge is -2.13. The Bertz CT molecular complexity index is 692. The van der Waals surface area contributed by atoms with E-state index in [0.29, 0.717) is 0 Å². The van der Waals surface area contributed by atoms with Crippen LogP contribution in [0.25, 0.3) is 10.9 Å². The molecule has 4 heteroatoms. The molecule has 1 aliphatic carbocycles. The van der Waals surface area contributed by atoms with E-state index in [4.69, 9.17) is 10.8 Å². The zero-order chi connectivity index (χ0) is 13.6. The normalized spacial score (nSPS) is 13.6. The van der Waals surface area contributed by atoms with Crippen LogP contribution < -0.4 is 11.3 Å². The highest BCUT2D eigenvalue weighted by Crippen LogP contribution is 2.32. The highest BCUT2D eigenvalue weighted by atomic mass is 16.2. The van der Waals surface area contributed by atoms with Crippen LogP contribution in [0.15, 0.2) is 12.1 Å². The molecule has 2 aromatic rings. The molecular formula is C15H17N3O. The molecular weight excluding hydrogens is 238 g/mol. The van der Waals surface area contributed by atoms with Gasteiger partial charge in [-0.25, -0.2) is 5.84 Å². The van der Waals surface area contributed by atoms with Gasteiger partial charge in [-0.1, -0.05) is 6.07 Å². The monoisotopic (exact) mass is 255 g/mol. The van der Waals surface area contributed by atoms with Gasteiger partial charge in [0.15, 0.2) is 0 Å². The second kappa shape index (κ2) is 4.31. The van der Waals surface area contributed by atoms with Crippen LogP contribution in [0, 0.1) is 13.8 Å². The first-order valence-corrected chi connectivity index (χ1v) is 6.55. The third-order valence-corrected chi connectivity index (χ3v) is 3.81. The molecule has 0 bridgehead atoms. The van der Waals surface area contributed by atoms with Crippen LogP contribution in [0.4, 0.5) is 0 Å².